The van der Waals surface area contributed by atoms with Crippen LogP contribution in [0.25, 0.3) is 10.6 Å². The second-order valence-corrected chi connectivity index (χ2v) is 4.32. The minimum Gasteiger partial charge on any atom is -0.258 e. The fraction of sp³-hybridized carbons (Fsp3) is 0.111. The highest BCUT2D eigenvalue weighted by Crippen LogP contribution is 2.34. The van der Waals surface area contributed by atoms with Crippen molar-refractivity contribution < 1.29 is 4.92 Å². The van der Waals surface area contributed by atoms with Gasteiger partial charge in [-0.25, -0.2) is 9.97 Å². The third-order valence-electron chi connectivity index (χ3n) is 2.01. The average Bonchev–Trinajstić information content (AvgIpc) is 2.63. The van der Waals surface area contributed by atoms with Crippen molar-refractivity contribution in [3.05, 3.63) is 38.6 Å². The van der Waals surface area contributed by atoms with E-state index in [4.69, 9.17) is 11.6 Å². The van der Waals surface area contributed by atoms with E-state index < -0.39 is 4.92 Å². The third-order valence-corrected chi connectivity index (χ3v) is 3.22. The van der Waals surface area contributed by atoms with Gasteiger partial charge in [0.2, 0.25) is 5.28 Å². The van der Waals surface area contributed by atoms with Gasteiger partial charge in [-0.2, -0.15) is 0 Å². The zero-order valence-corrected chi connectivity index (χ0v) is 9.75. The Balaban J connectivity index is 2.67. The first-order valence-electron chi connectivity index (χ1n) is 4.31. The molecule has 0 spiro atoms. The van der Waals surface area contributed by atoms with Crippen LogP contribution in [0.4, 0.5) is 5.69 Å². The summed E-state index contributed by atoms with van der Waals surface area (Å²) in [4.78, 5) is 18.6. The molecule has 2 aromatic rings. The first-order valence-corrected chi connectivity index (χ1v) is 5.56. The summed E-state index contributed by atoms with van der Waals surface area (Å²) in [6.45, 7) is 1.87. The molecule has 7 heteroatoms. The number of hydrogen-bond donors (Lipinski definition) is 0. The van der Waals surface area contributed by atoms with E-state index in [0.717, 1.165) is 16.6 Å². The smallest absolute Gasteiger partial charge is 0.258 e. The van der Waals surface area contributed by atoms with Crippen LogP contribution >= 0.6 is 22.9 Å². The molecule has 0 unspecified atom stereocenters. The minimum absolute atomic E-state index is 0.00778. The number of aromatic nitrogens is 2. The van der Waals surface area contributed by atoms with Gasteiger partial charge in [-0.15, -0.1) is 11.3 Å². The molecule has 0 aliphatic carbocycles. The number of nitro groups is 1. The van der Waals surface area contributed by atoms with Gasteiger partial charge in [0.05, 0.1) is 9.80 Å². The fourth-order valence-electron chi connectivity index (χ4n) is 1.27. The number of halogens is 1. The van der Waals surface area contributed by atoms with Gasteiger partial charge in [-0.05, 0) is 35.5 Å². The van der Waals surface area contributed by atoms with E-state index >= 15 is 0 Å². The SMILES string of the molecule is Cc1ccsc1-c1nc(Cl)ncc1[N+](=O)[O-]. The Kier molecular flexibility index (Phi) is 2.84. The molecule has 0 atom stereocenters. The molecule has 82 valence electrons. The van der Waals surface area contributed by atoms with E-state index in [1.807, 2.05) is 18.4 Å². The Bertz CT molecular complexity index is 555. The summed E-state index contributed by atoms with van der Waals surface area (Å²) >= 11 is 7.04. The van der Waals surface area contributed by atoms with Crippen LogP contribution in [0.2, 0.25) is 5.28 Å². The van der Waals surface area contributed by atoms with E-state index in [-0.39, 0.29) is 16.7 Å². The Morgan fingerprint density at radius 2 is 2.31 bits per heavy atom. The molecule has 2 rings (SSSR count). The topological polar surface area (TPSA) is 68.9 Å². The lowest BCUT2D eigenvalue weighted by Crippen LogP contribution is -1.96. The lowest BCUT2D eigenvalue weighted by atomic mass is 10.2. The summed E-state index contributed by atoms with van der Waals surface area (Å²) < 4.78 is 0. The highest BCUT2D eigenvalue weighted by molar-refractivity contribution is 7.13. The van der Waals surface area contributed by atoms with Crippen LogP contribution in [0, 0.1) is 17.0 Å². The van der Waals surface area contributed by atoms with Gasteiger partial charge in [0.25, 0.3) is 0 Å². The first kappa shape index (κ1) is 11.0. The largest absolute Gasteiger partial charge is 0.314 e. The van der Waals surface area contributed by atoms with Crippen LogP contribution in [0.5, 0.6) is 0 Å². The van der Waals surface area contributed by atoms with Crippen molar-refractivity contribution in [1.29, 1.82) is 0 Å². The van der Waals surface area contributed by atoms with Crippen molar-refractivity contribution in [3.8, 4) is 10.6 Å². The van der Waals surface area contributed by atoms with E-state index in [1.165, 1.54) is 11.3 Å². The van der Waals surface area contributed by atoms with Gasteiger partial charge in [0, 0.05) is 0 Å². The van der Waals surface area contributed by atoms with Gasteiger partial charge in [0.15, 0.2) is 5.69 Å². The lowest BCUT2D eigenvalue weighted by Gasteiger charge is -2.00. The highest BCUT2D eigenvalue weighted by atomic mass is 35.5. The molecular formula is C9H6ClN3O2S. The molecule has 0 aliphatic heterocycles. The van der Waals surface area contributed by atoms with Gasteiger partial charge >= 0.3 is 5.69 Å². The summed E-state index contributed by atoms with van der Waals surface area (Å²) in [6, 6.07) is 1.87. The zero-order valence-electron chi connectivity index (χ0n) is 8.18. The normalized spacial score (nSPS) is 10.4. The van der Waals surface area contributed by atoms with Crippen LogP contribution in [0.1, 0.15) is 5.56 Å². The molecule has 0 fully saturated rings. The van der Waals surface area contributed by atoms with Gasteiger partial charge < -0.3 is 0 Å². The van der Waals surface area contributed by atoms with Gasteiger partial charge in [-0.3, -0.25) is 10.1 Å². The van der Waals surface area contributed by atoms with Crippen LogP contribution in [0.15, 0.2) is 17.6 Å². The Labute approximate surface area is 99.9 Å². The molecule has 0 amide bonds. The number of rotatable bonds is 2. The molecule has 0 radical (unpaired) electrons. The average molecular weight is 256 g/mol. The summed E-state index contributed by atoms with van der Waals surface area (Å²) in [6.07, 6.45) is 1.13. The minimum atomic E-state index is -0.509. The van der Waals surface area contributed by atoms with E-state index in [0.29, 0.717) is 0 Å². The van der Waals surface area contributed by atoms with E-state index in [9.17, 15) is 10.1 Å². The molecule has 2 aromatic heterocycles. The fourth-order valence-corrected chi connectivity index (χ4v) is 2.33. The van der Waals surface area contributed by atoms with Crippen molar-refractivity contribution in [2.75, 3.05) is 0 Å². The summed E-state index contributed by atoms with van der Waals surface area (Å²) in [5.41, 5.74) is 1.08. The maximum Gasteiger partial charge on any atom is 0.314 e. The molecular weight excluding hydrogens is 250 g/mol. The molecule has 0 saturated heterocycles. The van der Waals surface area contributed by atoms with Crippen molar-refractivity contribution in [3.63, 3.8) is 0 Å². The summed E-state index contributed by atoms with van der Waals surface area (Å²) in [5.74, 6) is 0. The standard InChI is InChI=1S/C9H6ClN3O2S/c1-5-2-3-16-8(5)7-6(13(14)15)4-11-9(10)12-7/h2-4H,1H3. The highest BCUT2D eigenvalue weighted by Gasteiger charge is 2.20. The van der Waals surface area contributed by atoms with E-state index in [1.54, 1.807) is 0 Å². The number of thiophene rings is 1. The Hall–Kier alpha value is -1.53. The predicted molar refractivity (Wildman–Crippen MR) is 61.7 cm³/mol. The van der Waals surface area contributed by atoms with Crippen LogP contribution < -0.4 is 0 Å². The Morgan fingerprint density at radius 1 is 1.56 bits per heavy atom. The molecule has 0 saturated carbocycles. The number of hydrogen-bond acceptors (Lipinski definition) is 5. The van der Waals surface area contributed by atoms with Crippen LogP contribution in [-0.2, 0) is 0 Å². The monoisotopic (exact) mass is 255 g/mol. The van der Waals surface area contributed by atoms with Crippen molar-refractivity contribution in [2.45, 2.75) is 6.92 Å². The van der Waals surface area contributed by atoms with Gasteiger partial charge in [0.1, 0.15) is 6.20 Å². The zero-order chi connectivity index (χ0) is 11.7. The lowest BCUT2D eigenvalue weighted by molar-refractivity contribution is -0.384. The summed E-state index contributed by atoms with van der Waals surface area (Å²) in [5, 5.41) is 12.7. The second kappa shape index (κ2) is 4.15. The van der Waals surface area contributed by atoms with Crippen LogP contribution in [-0.4, -0.2) is 14.9 Å². The number of aryl methyl sites for hydroxylation is 1. The molecule has 0 bridgehead atoms. The maximum atomic E-state index is 10.8. The number of nitrogens with zero attached hydrogens (tertiary/aromatic N) is 3. The quantitative estimate of drug-likeness (QED) is 0.470. The van der Waals surface area contributed by atoms with Crippen molar-refractivity contribution in [2.24, 2.45) is 0 Å². The van der Waals surface area contributed by atoms with E-state index in [2.05, 4.69) is 9.97 Å². The molecule has 5 nitrogen and oxygen atoms in total. The summed E-state index contributed by atoms with van der Waals surface area (Å²) in [7, 11) is 0. The molecule has 0 aliphatic rings. The Morgan fingerprint density at radius 3 is 2.88 bits per heavy atom. The molecule has 0 aromatic carbocycles. The van der Waals surface area contributed by atoms with Crippen molar-refractivity contribution in [1.82, 2.24) is 9.97 Å². The molecule has 0 N–H and O–H groups in total. The van der Waals surface area contributed by atoms with Crippen molar-refractivity contribution >= 4 is 28.6 Å². The second-order valence-electron chi connectivity index (χ2n) is 3.06. The van der Waals surface area contributed by atoms with Crippen LogP contribution in [0.3, 0.4) is 0 Å². The first-order chi connectivity index (χ1) is 7.59. The predicted octanol–water partition coefficient (Wildman–Crippen LogP) is 3.08. The molecule has 2 heterocycles. The maximum absolute atomic E-state index is 10.8. The molecule has 16 heavy (non-hydrogen) atoms. The third kappa shape index (κ3) is 1.89. The van der Waals surface area contributed by atoms with Gasteiger partial charge in [-0.1, -0.05) is 0 Å².